The first-order chi connectivity index (χ1) is 20.3. The molecule has 8 aromatic rings. The average molecular weight is 527 g/mol. The summed E-state index contributed by atoms with van der Waals surface area (Å²) in [5.41, 5.74) is 9.25. The average Bonchev–Trinajstić information content (AvgIpc) is 3.54. The molecule has 2 heterocycles. The standard InChI is InChI=1S/C36H24BN2O2/c40-37-41-28-18-16-27(17-19-28)39-34-13-7-5-11-30(34)32-23-25(15-21-36(32)39)24-14-20-35-31(22-24)29-10-4-6-12-33(29)38(35)26-8-2-1-3-9-26/h1-23,40H. The smallest absolute Gasteiger partial charge is 0.537 e. The molecule has 0 spiro atoms. The fourth-order valence-electron chi connectivity index (χ4n) is 6.17. The first-order valence-electron chi connectivity index (χ1n) is 13.7. The van der Waals surface area contributed by atoms with Crippen molar-refractivity contribution in [1.82, 2.24) is 9.13 Å². The lowest BCUT2D eigenvalue weighted by Gasteiger charge is -2.10. The van der Waals surface area contributed by atoms with Gasteiger partial charge in [0.1, 0.15) is 5.75 Å². The number of para-hydroxylation sites is 3. The highest BCUT2D eigenvalue weighted by Gasteiger charge is 2.16. The third-order valence-electron chi connectivity index (χ3n) is 7.98. The molecule has 6 aromatic carbocycles. The highest BCUT2D eigenvalue weighted by Crippen LogP contribution is 2.38. The van der Waals surface area contributed by atoms with Crippen molar-refractivity contribution in [2.24, 2.45) is 0 Å². The van der Waals surface area contributed by atoms with Crippen molar-refractivity contribution >= 4 is 51.3 Å². The highest BCUT2D eigenvalue weighted by atomic mass is 16.5. The molecule has 0 bridgehead atoms. The second-order valence-corrected chi connectivity index (χ2v) is 10.2. The summed E-state index contributed by atoms with van der Waals surface area (Å²) in [6.45, 7) is 0. The van der Waals surface area contributed by atoms with E-state index in [9.17, 15) is 0 Å². The minimum atomic E-state index is 0.586. The summed E-state index contributed by atoms with van der Waals surface area (Å²) >= 11 is 0. The van der Waals surface area contributed by atoms with E-state index in [0.717, 1.165) is 22.4 Å². The lowest BCUT2D eigenvalue weighted by Crippen LogP contribution is -2.00. The fourth-order valence-corrected chi connectivity index (χ4v) is 6.17. The molecule has 0 aliphatic rings. The molecule has 0 aliphatic heterocycles. The molecular weight excluding hydrogens is 503 g/mol. The molecule has 1 N–H and O–H groups in total. The summed E-state index contributed by atoms with van der Waals surface area (Å²) in [4.78, 5) is 0. The normalized spacial score (nSPS) is 11.5. The quantitative estimate of drug-likeness (QED) is 0.228. The zero-order valence-corrected chi connectivity index (χ0v) is 22.1. The number of hydrogen-bond acceptors (Lipinski definition) is 2. The van der Waals surface area contributed by atoms with Gasteiger partial charge in [-0.15, -0.1) is 0 Å². The number of nitrogens with zero attached hydrogens (tertiary/aromatic N) is 2. The molecule has 4 nitrogen and oxygen atoms in total. The van der Waals surface area contributed by atoms with E-state index in [0.29, 0.717) is 13.4 Å². The maximum atomic E-state index is 8.99. The second-order valence-electron chi connectivity index (χ2n) is 10.2. The van der Waals surface area contributed by atoms with Crippen LogP contribution in [0.1, 0.15) is 0 Å². The Balaban J connectivity index is 1.31. The van der Waals surface area contributed by atoms with Gasteiger partial charge < -0.3 is 18.8 Å². The monoisotopic (exact) mass is 527 g/mol. The van der Waals surface area contributed by atoms with Crippen LogP contribution in [0.25, 0.3) is 66.1 Å². The maximum Gasteiger partial charge on any atom is 0.569 e. The predicted octanol–water partition coefficient (Wildman–Crippen LogP) is 8.45. The molecule has 0 saturated heterocycles. The van der Waals surface area contributed by atoms with Crippen LogP contribution in [-0.4, -0.2) is 21.8 Å². The molecule has 2 aromatic heterocycles. The van der Waals surface area contributed by atoms with Crippen molar-refractivity contribution in [2.45, 2.75) is 0 Å². The number of benzene rings is 6. The SMILES string of the molecule is O[B]Oc1ccc(-n2c3ccccc3c3cc(-c4ccc5c(c4)c4ccccc4n5-c4ccccc4)ccc32)cc1. The third-order valence-corrected chi connectivity index (χ3v) is 7.98. The van der Waals surface area contributed by atoms with Crippen LogP contribution >= 0.6 is 0 Å². The van der Waals surface area contributed by atoms with Gasteiger partial charge >= 0.3 is 7.69 Å². The Morgan fingerprint density at radius 2 is 0.902 bits per heavy atom. The van der Waals surface area contributed by atoms with Crippen molar-refractivity contribution in [1.29, 1.82) is 0 Å². The van der Waals surface area contributed by atoms with E-state index in [-0.39, 0.29) is 0 Å². The van der Waals surface area contributed by atoms with Gasteiger partial charge in [0.2, 0.25) is 0 Å². The third kappa shape index (κ3) is 3.74. The molecule has 0 fully saturated rings. The second kappa shape index (κ2) is 9.44. The number of aromatic nitrogens is 2. The van der Waals surface area contributed by atoms with E-state index in [4.69, 9.17) is 9.68 Å². The van der Waals surface area contributed by atoms with E-state index in [1.54, 1.807) is 0 Å². The van der Waals surface area contributed by atoms with E-state index in [2.05, 4.69) is 124 Å². The summed E-state index contributed by atoms with van der Waals surface area (Å²) in [5, 5.41) is 13.9. The van der Waals surface area contributed by atoms with Crippen LogP contribution in [0.15, 0.2) is 140 Å². The van der Waals surface area contributed by atoms with Gasteiger partial charge in [-0.3, -0.25) is 0 Å². The highest BCUT2D eigenvalue weighted by molar-refractivity contribution is 6.17. The topological polar surface area (TPSA) is 39.3 Å². The maximum absolute atomic E-state index is 8.99. The largest absolute Gasteiger partial charge is 0.569 e. The van der Waals surface area contributed by atoms with Crippen LogP contribution in [0.2, 0.25) is 0 Å². The molecule has 0 saturated carbocycles. The van der Waals surface area contributed by atoms with Crippen LogP contribution in [0.4, 0.5) is 0 Å². The molecule has 5 heteroatoms. The summed E-state index contributed by atoms with van der Waals surface area (Å²) in [6, 6.07) is 49.0. The number of rotatable bonds is 5. The van der Waals surface area contributed by atoms with Crippen molar-refractivity contribution in [3.05, 3.63) is 140 Å². The van der Waals surface area contributed by atoms with E-state index in [1.807, 2.05) is 24.3 Å². The zero-order valence-electron chi connectivity index (χ0n) is 22.1. The number of fused-ring (bicyclic) bond motifs is 6. The van der Waals surface area contributed by atoms with E-state index >= 15 is 0 Å². The Morgan fingerprint density at radius 1 is 0.439 bits per heavy atom. The lowest BCUT2D eigenvalue weighted by molar-refractivity contribution is 0.454. The molecule has 41 heavy (non-hydrogen) atoms. The van der Waals surface area contributed by atoms with Crippen LogP contribution < -0.4 is 4.65 Å². The Kier molecular flexibility index (Phi) is 5.44. The molecular formula is C36H24BN2O2. The van der Waals surface area contributed by atoms with Gasteiger partial charge in [0.05, 0.1) is 22.1 Å². The summed E-state index contributed by atoms with van der Waals surface area (Å²) in [6.07, 6.45) is 0. The van der Waals surface area contributed by atoms with Crippen molar-refractivity contribution in [3.63, 3.8) is 0 Å². The van der Waals surface area contributed by atoms with Gasteiger partial charge in [-0.25, -0.2) is 0 Å². The Labute approximate surface area is 237 Å². The van der Waals surface area contributed by atoms with Crippen molar-refractivity contribution in [3.8, 4) is 28.3 Å². The van der Waals surface area contributed by atoms with Crippen LogP contribution in [-0.2, 0) is 0 Å². The Bertz CT molecular complexity index is 2210. The molecule has 8 rings (SSSR count). The summed E-state index contributed by atoms with van der Waals surface area (Å²) in [5.74, 6) is 0.586. The fraction of sp³-hybridized carbons (Fsp3) is 0. The van der Waals surface area contributed by atoms with Crippen molar-refractivity contribution < 1.29 is 9.68 Å². The molecule has 0 atom stereocenters. The van der Waals surface area contributed by atoms with Gasteiger partial charge in [-0.2, -0.15) is 0 Å². The van der Waals surface area contributed by atoms with Gasteiger partial charge in [0.25, 0.3) is 0 Å². The summed E-state index contributed by atoms with van der Waals surface area (Å²) in [7, 11) is 0.702. The van der Waals surface area contributed by atoms with Gasteiger partial charge in [0.15, 0.2) is 0 Å². The molecule has 0 unspecified atom stereocenters. The van der Waals surface area contributed by atoms with Gasteiger partial charge in [-0.1, -0.05) is 66.7 Å². The van der Waals surface area contributed by atoms with Crippen LogP contribution in [0.5, 0.6) is 5.75 Å². The van der Waals surface area contributed by atoms with E-state index < -0.39 is 0 Å². The molecule has 0 amide bonds. The zero-order chi connectivity index (χ0) is 27.3. The van der Waals surface area contributed by atoms with Crippen LogP contribution in [0, 0.1) is 0 Å². The number of hydrogen-bond donors (Lipinski definition) is 1. The Hall–Kier alpha value is -5.26. The van der Waals surface area contributed by atoms with Crippen LogP contribution in [0.3, 0.4) is 0 Å². The summed E-state index contributed by atoms with van der Waals surface area (Å²) < 4.78 is 9.74. The Morgan fingerprint density at radius 3 is 1.44 bits per heavy atom. The minimum absolute atomic E-state index is 0.586. The molecule has 193 valence electrons. The first kappa shape index (κ1) is 23.6. The van der Waals surface area contributed by atoms with Crippen molar-refractivity contribution in [2.75, 3.05) is 0 Å². The van der Waals surface area contributed by atoms with E-state index in [1.165, 1.54) is 43.7 Å². The van der Waals surface area contributed by atoms with Gasteiger partial charge in [-0.05, 0) is 83.9 Å². The molecule has 0 aliphatic carbocycles. The predicted molar refractivity (Wildman–Crippen MR) is 169 cm³/mol. The first-order valence-corrected chi connectivity index (χ1v) is 13.7. The lowest BCUT2D eigenvalue weighted by atomic mass is 10.0. The minimum Gasteiger partial charge on any atom is -0.537 e. The van der Waals surface area contributed by atoms with Gasteiger partial charge in [0, 0.05) is 32.9 Å². The molecule has 1 radical (unpaired) electrons.